The molecule has 0 bridgehead atoms. The number of aliphatic hydroxyl groups is 4. The fourth-order valence-corrected chi connectivity index (χ4v) is 7.96. The number of carbonyl (C=O) groups excluding carboxylic acids is 1. The van der Waals surface area contributed by atoms with Crippen LogP contribution >= 0.6 is 0 Å². The molecule has 0 radical (unpaired) electrons. The van der Waals surface area contributed by atoms with Crippen molar-refractivity contribution >= 4 is 5.97 Å². The first-order chi connectivity index (χ1) is 30.9. The van der Waals surface area contributed by atoms with Crippen molar-refractivity contribution in [2.45, 2.75) is 263 Å². The van der Waals surface area contributed by atoms with Crippen molar-refractivity contribution in [3.8, 4) is 0 Å². The van der Waals surface area contributed by atoms with Crippen molar-refractivity contribution in [1.29, 1.82) is 0 Å². The number of hydrogen-bond donors (Lipinski definition) is 4. The van der Waals surface area contributed by atoms with E-state index >= 15 is 0 Å². The Bertz CT molecular complexity index is 1100. The molecule has 6 unspecified atom stereocenters. The fraction of sp³-hybridized carbons (Fsp3) is 0.833. The minimum absolute atomic E-state index is 0.129. The summed E-state index contributed by atoms with van der Waals surface area (Å²) >= 11 is 0. The number of rotatable bonds is 45. The van der Waals surface area contributed by atoms with Gasteiger partial charge in [0.1, 0.15) is 30.5 Å². The Hall–Kier alpha value is -1.85. The summed E-state index contributed by atoms with van der Waals surface area (Å²) < 4.78 is 22.8. The molecular formula is C54H98O9. The van der Waals surface area contributed by atoms with Gasteiger partial charge in [-0.1, -0.05) is 217 Å². The van der Waals surface area contributed by atoms with Gasteiger partial charge < -0.3 is 39.4 Å². The van der Waals surface area contributed by atoms with E-state index in [1.807, 2.05) is 0 Å². The Labute approximate surface area is 386 Å². The molecule has 1 heterocycles. The molecular weight excluding hydrogens is 793 g/mol. The van der Waals surface area contributed by atoms with Crippen molar-refractivity contribution in [2.24, 2.45) is 0 Å². The van der Waals surface area contributed by atoms with Crippen LogP contribution in [0.25, 0.3) is 0 Å². The molecule has 0 spiro atoms. The molecule has 9 nitrogen and oxygen atoms in total. The van der Waals surface area contributed by atoms with E-state index in [0.717, 1.165) is 51.4 Å². The average Bonchev–Trinajstić information content (AvgIpc) is 3.28. The van der Waals surface area contributed by atoms with Crippen LogP contribution in [0.4, 0.5) is 0 Å². The minimum atomic E-state index is -1.54. The quantitative estimate of drug-likeness (QED) is 0.0268. The highest BCUT2D eigenvalue weighted by atomic mass is 16.7. The molecule has 1 fully saturated rings. The Morgan fingerprint density at radius 2 is 0.968 bits per heavy atom. The number of ether oxygens (including phenoxy) is 4. The average molecular weight is 891 g/mol. The third kappa shape index (κ3) is 36.0. The highest BCUT2D eigenvalue weighted by Crippen LogP contribution is 2.23. The highest BCUT2D eigenvalue weighted by molar-refractivity contribution is 5.69. The number of allylic oxidation sites excluding steroid dienone is 8. The van der Waals surface area contributed by atoms with Crippen LogP contribution in [0.5, 0.6) is 0 Å². The van der Waals surface area contributed by atoms with Crippen molar-refractivity contribution in [3.05, 3.63) is 48.6 Å². The standard InChI is InChI=1S/C54H98O9/c1-3-5-7-9-11-13-15-17-19-20-21-22-23-24-25-26-27-28-30-32-34-36-38-40-42-44-60-46-48(47-61-54-53(59)52(58)51(57)49(45-55)63-54)62-50(56)43-41-39-37-35-33-31-29-18-16-14-12-10-8-6-4-2/h6,8,12,14,18,29,33,35,48-49,51-55,57-59H,3-5,7,9-11,13,15-17,19-28,30-32,34,36-47H2,1-2H3/b8-6-,14-12-,29-18-,35-33-. The van der Waals surface area contributed by atoms with Crippen LogP contribution in [0.1, 0.15) is 226 Å². The Morgan fingerprint density at radius 3 is 1.43 bits per heavy atom. The molecule has 0 aliphatic carbocycles. The van der Waals surface area contributed by atoms with Gasteiger partial charge in [-0.25, -0.2) is 0 Å². The van der Waals surface area contributed by atoms with Crippen LogP contribution in [0.15, 0.2) is 48.6 Å². The second-order valence-corrected chi connectivity index (χ2v) is 17.9. The molecule has 0 aromatic heterocycles. The maximum atomic E-state index is 12.8. The number of unbranched alkanes of at least 4 members (excludes halogenated alkanes) is 26. The number of esters is 1. The van der Waals surface area contributed by atoms with Gasteiger partial charge >= 0.3 is 5.97 Å². The smallest absolute Gasteiger partial charge is 0.306 e. The maximum Gasteiger partial charge on any atom is 0.306 e. The van der Waals surface area contributed by atoms with Crippen LogP contribution in [-0.2, 0) is 23.7 Å². The summed E-state index contributed by atoms with van der Waals surface area (Å²) in [5, 5.41) is 40.2. The number of carbonyl (C=O) groups is 1. The zero-order valence-electron chi connectivity index (χ0n) is 40.6. The molecule has 1 aliphatic heterocycles. The first-order valence-electron chi connectivity index (χ1n) is 26.2. The number of aliphatic hydroxyl groups excluding tert-OH is 4. The minimum Gasteiger partial charge on any atom is -0.457 e. The lowest BCUT2D eigenvalue weighted by atomic mass is 9.99. The molecule has 0 aromatic carbocycles. The third-order valence-corrected chi connectivity index (χ3v) is 12.0. The van der Waals surface area contributed by atoms with E-state index in [9.17, 15) is 25.2 Å². The molecule has 1 rings (SSSR count). The summed E-state index contributed by atoms with van der Waals surface area (Å²) in [5.74, 6) is -0.351. The van der Waals surface area contributed by atoms with Crippen LogP contribution < -0.4 is 0 Å². The Morgan fingerprint density at radius 1 is 0.524 bits per heavy atom. The van der Waals surface area contributed by atoms with Gasteiger partial charge in [0, 0.05) is 13.0 Å². The molecule has 1 saturated heterocycles. The summed E-state index contributed by atoms with van der Waals surface area (Å²) in [5.41, 5.74) is 0. The van der Waals surface area contributed by atoms with Gasteiger partial charge in [-0.15, -0.1) is 0 Å². The van der Waals surface area contributed by atoms with E-state index in [0.29, 0.717) is 13.0 Å². The Balaban J connectivity index is 2.17. The van der Waals surface area contributed by atoms with E-state index < -0.39 is 43.4 Å². The molecule has 4 N–H and O–H groups in total. The summed E-state index contributed by atoms with van der Waals surface area (Å²) in [6.45, 7) is 4.42. The van der Waals surface area contributed by atoms with E-state index in [-0.39, 0.29) is 25.6 Å². The first kappa shape index (κ1) is 59.2. The predicted molar refractivity (Wildman–Crippen MR) is 261 cm³/mol. The zero-order chi connectivity index (χ0) is 45.7. The molecule has 6 atom stereocenters. The van der Waals surface area contributed by atoms with Crippen molar-refractivity contribution in [2.75, 3.05) is 26.4 Å². The lowest BCUT2D eigenvalue weighted by molar-refractivity contribution is -0.305. The van der Waals surface area contributed by atoms with Crippen LogP contribution in [0.2, 0.25) is 0 Å². The lowest BCUT2D eigenvalue weighted by Gasteiger charge is -2.39. The van der Waals surface area contributed by atoms with E-state index in [4.69, 9.17) is 18.9 Å². The molecule has 0 aromatic rings. The molecule has 0 amide bonds. The van der Waals surface area contributed by atoms with Gasteiger partial charge in [0.05, 0.1) is 19.8 Å². The van der Waals surface area contributed by atoms with E-state index in [1.54, 1.807) is 0 Å². The summed E-state index contributed by atoms with van der Waals surface area (Å²) in [7, 11) is 0. The largest absolute Gasteiger partial charge is 0.457 e. The normalized spacial score (nSPS) is 20.0. The molecule has 1 aliphatic rings. The topological polar surface area (TPSA) is 135 Å². The fourth-order valence-electron chi connectivity index (χ4n) is 7.96. The van der Waals surface area contributed by atoms with Crippen LogP contribution in [0.3, 0.4) is 0 Å². The second-order valence-electron chi connectivity index (χ2n) is 17.9. The first-order valence-corrected chi connectivity index (χ1v) is 26.2. The van der Waals surface area contributed by atoms with Gasteiger partial charge in [0.25, 0.3) is 0 Å². The lowest BCUT2D eigenvalue weighted by Crippen LogP contribution is -2.59. The van der Waals surface area contributed by atoms with Gasteiger partial charge in [0.15, 0.2) is 6.29 Å². The zero-order valence-corrected chi connectivity index (χ0v) is 40.6. The molecule has 368 valence electrons. The van der Waals surface area contributed by atoms with Crippen molar-refractivity contribution in [1.82, 2.24) is 0 Å². The van der Waals surface area contributed by atoms with Gasteiger partial charge in [-0.2, -0.15) is 0 Å². The highest BCUT2D eigenvalue weighted by Gasteiger charge is 2.44. The maximum absolute atomic E-state index is 12.8. The Kier molecular flexibility index (Phi) is 42.6. The van der Waals surface area contributed by atoms with Gasteiger partial charge in [-0.3, -0.25) is 4.79 Å². The predicted octanol–water partition coefficient (Wildman–Crippen LogP) is 12.9. The summed E-state index contributed by atoms with van der Waals surface area (Å²) in [6.07, 6.45) is 50.2. The van der Waals surface area contributed by atoms with E-state index in [1.165, 1.54) is 148 Å². The number of hydrogen-bond acceptors (Lipinski definition) is 9. The van der Waals surface area contributed by atoms with Gasteiger partial charge in [-0.05, 0) is 51.4 Å². The van der Waals surface area contributed by atoms with Crippen molar-refractivity contribution < 1.29 is 44.2 Å². The van der Waals surface area contributed by atoms with E-state index in [2.05, 4.69) is 62.5 Å². The molecule has 0 saturated carbocycles. The molecule has 9 heteroatoms. The monoisotopic (exact) mass is 891 g/mol. The molecule has 63 heavy (non-hydrogen) atoms. The summed E-state index contributed by atoms with van der Waals surface area (Å²) in [6, 6.07) is 0. The third-order valence-electron chi connectivity index (χ3n) is 12.0. The second kappa shape index (κ2) is 45.3. The van der Waals surface area contributed by atoms with Crippen LogP contribution in [-0.4, -0.2) is 89.6 Å². The SMILES string of the molecule is CC/C=C\C/C=C\C/C=C\C/C=C\CCCCC(=O)OC(COCCCCCCCCCCCCCCCCCCCCCCCCCCC)COC1OC(CO)C(O)C(O)C1O. The summed E-state index contributed by atoms with van der Waals surface area (Å²) in [4.78, 5) is 12.8. The van der Waals surface area contributed by atoms with Crippen LogP contribution in [0, 0.1) is 0 Å². The van der Waals surface area contributed by atoms with Crippen molar-refractivity contribution in [3.63, 3.8) is 0 Å². The van der Waals surface area contributed by atoms with Gasteiger partial charge in [0.2, 0.25) is 0 Å².